The minimum Gasteiger partial charge on any atom is -0.481 e. The molecule has 0 aliphatic rings. The average molecular weight is 278 g/mol. The lowest BCUT2D eigenvalue weighted by Gasteiger charge is -2.20. The van der Waals surface area contributed by atoms with Crippen LogP contribution in [0.1, 0.15) is 26.7 Å². The largest absolute Gasteiger partial charge is 0.481 e. The Balaban J connectivity index is 3.97. The van der Waals surface area contributed by atoms with E-state index < -0.39 is 16.8 Å². The number of hydrogen-bond donors (Lipinski definition) is 2. The molecule has 0 fully saturated rings. The van der Waals surface area contributed by atoms with Gasteiger partial charge in [-0.05, 0) is 13.3 Å². The quantitative estimate of drug-likeness (QED) is 0.682. The molecule has 0 aliphatic heterocycles. The smallest absolute Gasteiger partial charge is 0.317 e. The van der Waals surface area contributed by atoms with Crippen molar-refractivity contribution in [3.05, 3.63) is 0 Å². The molecule has 0 saturated carbocycles. The SMILES string of the molecule is CCN(CCC(=O)O)C(=O)NCCC(C)S(C)=O. The fourth-order valence-corrected chi connectivity index (χ4v) is 1.74. The second-order valence-electron chi connectivity index (χ2n) is 4.05. The first-order chi connectivity index (χ1) is 8.38. The van der Waals surface area contributed by atoms with Crippen LogP contribution in [0.2, 0.25) is 0 Å². The van der Waals surface area contributed by atoms with Crippen LogP contribution in [0.15, 0.2) is 0 Å². The third-order valence-electron chi connectivity index (χ3n) is 2.66. The molecule has 0 spiro atoms. The molecular weight excluding hydrogens is 256 g/mol. The van der Waals surface area contributed by atoms with Crippen LogP contribution < -0.4 is 5.32 Å². The Bertz CT molecular complexity index is 309. The molecule has 0 rings (SSSR count). The molecule has 0 aromatic rings. The molecular formula is C11H22N2O4S. The summed E-state index contributed by atoms with van der Waals surface area (Å²) in [5.41, 5.74) is 0. The molecule has 0 aromatic heterocycles. The molecule has 6 nitrogen and oxygen atoms in total. The lowest BCUT2D eigenvalue weighted by atomic mass is 10.3. The van der Waals surface area contributed by atoms with Crippen molar-refractivity contribution >= 4 is 22.8 Å². The van der Waals surface area contributed by atoms with E-state index in [1.165, 1.54) is 4.90 Å². The van der Waals surface area contributed by atoms with Crippen molar-refractivity contribution in [2.45, 2.75) is 31.9 Å². The van der Waals surface area contributed by atoms with Gasteiger partial charge in [0.15, 0.2) is 0 Å². The van der Waals surface area contributed by atoms with Gasteiger partial charge in [-0.15, -0.1) is 0 Å². The van der Waals surface area contributed by atoms with Gasteiger partial charge in [0.2, 0.25) is 0 Å². The van der Waals surface area contributed by atoms with Gasteiger partial charge >= 0.3 is 12.0 Å². The van der Waals surface area contributed by atoms with Gasteiger partial charge in [-0.2, -0.15) is 0 Å². The third-order valence-corrected chi connectivity index (χ3v) is 4.03. The van der Waals surface area contributed by atoms with Crippen LogP contribution in [-0.2, 0) is 15.6 Å². The predicted octanol–water partition coefficient (Wildman–Crippen LogP) is 0.650. The van der Waals surface area contributed by atoms with E-state index in [1.54, 1.807) is 13.2 Å². The van der Waals surface area contributed by atoms with Crippen LogP contribution in [0.5, 0.6) is 0 Å². The first-order valence-corrected chi connectivity index (χ1v) is 7.57. The second kappa shape index (κ2) is 8.91. The van der Waals surface area contributed by atoms with Gasteiger partial charge in [0, 0.05) is 41.9 Å². The third kappa shape index (κ3) is 7.26. The maximum absolute atomic E-state index is 11.7. The number of aliphatic carboxylic acids is 1. The van der Waals surface area contributed by atoms with Gasteiger partial charge < -0.3 is 15.3 Å². The average Bonchev–Trinajstić information content (AvgIpc) is 2.29. The fraction of sp³-hybridized carbons (Fsp3) is 0.818. The highest BCUT2D eigenvalue weighted by Gasteiger charge is 2.13. The molecule has 106 valence electrons. The summed E-state index contributed by atoms with van der Waals surface area (Å²) < 4.78 is 11.1. The molecule has 2 N–H and O–H groups in total. The zero-order valence-corrected chi connectivity index (χ0v) is 12.0. The Morgan fingerprint density at radius 2 is 2.06 bits per heavy atom. The number of urea groups is 1. The summed E-state index contributed by atoms with van der Waals surface area (Å²) in [5, 5.41) is 11.3. The van der Waals surface area contributed by atoms with E-state index in [2.05, 4.69) is 5.32 Å². The first kappa shape index (κ1) is 16.9. The number of hydrogen-bond acceptors (Lipinski definition) is 3. The normalized spacial score (nSPS) is 13.7. The Labute approximate surface area is 110 Å². The number of rotatable bonds is 8. The highest BCUT2D eigenvalue weighted by Crippen LogP contribution is 1.98. The zero-order valence-electron chi connectivity index (χ0n) is 11.1. The van der Waals surface area contributed by atoms with Crippen molar-refractivity contribution in [2.75, 3.05) is 25.9 Å². The van der Waals surface area contributed by atoms with Crippen LogP contribution in [-0.4, -0.2) is 57.4 Å². The standard InChI is InChI=1S/C11H22N2O4S/c1-4-13(8-6-10(14)15)11(16)12-7-5-9(2)18(3)17/h9H,4-8H2,1-3H3,(H,12,16)(H,14,15). The van der Waals surface area contributed by atoms with E-state index in [1.807, 2.05) is 6.92 Å². The topological polar surface area (TPSA) is 86.7 Å². The summed E-state index contributed by atoms with van der Waals surface area (Å²) in [6.07, 6.45) is 2.22. The lowest BCUT2D eigenvalue weighted by molar-refractivity contribution is -0.137. The Morgan fingerprint density at radius 3 is 2.50 bits per heavy atom. The van der Waals surface area contributed by atoms with Gasteiger partial charge in [-0.3, -0.25) is 9.00 Å². The van der Waals surface area contributed by atoms with Gasteiger partial charge in [0.05, 0.1) is 6.42 Å². The predicted molar refractivity (Wildman–Crippen MR) is 71.0 cm³/mol. The summed E-state index contributed by atoms with van der Waals surface area (Å²) in [7, 11) is -0.890. The Kier molecular flexibility index (Phi) is 8.36. The molecule has 0 aliphatic carbocycles. The summed E-state index contributed by atoms with van der Waals surface area (Å²) in [6, 6.07) is -0.271. The number of carboxylic acid groups (broad SMARTS) is 1. The number of carbonyl (C=O) groups excluding carboxylic acids is 1. The van der Waals surface area contributed by atoms with Crippen LogP contribution in [0.25, 0.3) is 0 Å². The number of carbonyl (C=O) groups is 2. The zero-order chi connectivity index (χ0) is 14.1. The molecule has 0 radical (unpaired) electrons. The van der Waals surface area contributed by atoms with Gasteiger partial charge in [0.25, 0.3) is 0 Å². The Hall–Kier alpha value is -1.11. The number of nitrogens with one attached hydrogen (secondary N) is 1. The van der Waals surface area contributed by atoms with E-state index in [4.69, 9.17) is 5.11 Å². The summed E-state index contributed by atoms with van der Waals surface area (Å²) in [4.78, 5) is 23.6. The fourth-order valence-electron chi connectivity index (χ4n) is 1.29. The van der Waals surface area contributed by atoms with Crippen molar-refractivity contribution in [3.63, 3.8) is 0 Å². The Morgan fingerprint density at radius 1 is 1.44 bits per heavy atom. The van der Waals surface area contributed by atoms with E-state index >= 15 is 0 Å². The van der Waals surface area contributed by atoms with Gasteiger partial charge in [0.1, 0.15) is 0 Å². The van der Waals surface area contributed by atoms with E-state index in [0.29, 0.717) is 19.5 Å². The highest BCUT2D eigenvalue weighted by atomic mass is 32.2. The second-order valence-corrected chi connectivity index (χ2v) is 5.86. The molecule has 0 aromatic carbocycles. The summed E-state index contributed by atoms with van der Waals surface area (Å²) in [6.45, 7) is 4.78. The van der Waals surface area contributed by atoms with Crippen molar-refractivity contribution < 1.29 is 18.9 Å². The van der Waals surface area contributed by atoms with Crippen LogP contribution in [0, 0.1) is 0 Å². The van der Waals surface area contributed by atoms with E-state index in [-0.39, 0.29) is 24.2 Å². The van der Waals surface area contributed by atoms with Gasteiger partial charge in [-0.1, -0.05) is 6.92 Å². The van der Waals surface area contributed by atoms with E-state index in [0.717, 1.165) is 0 Å². The molecule has 2 amide bonds. The van der Waals surface area contributed by atoms with Crippen molar-refractivity contribution in [3.8, 4) is 0 Å². The monoisotopic (exact) mass is 278 g/mol. The maximum Gasteiger partial charge on any atom is 0.317 e. The number of nitrogens with zero attached hydrogens (tertiary/aromatic N) is 1. The van der Waals surface area contributed by atoms with E-state index in [9.17, 15) is 13.8 Å². The minimum atomic E-state index is -0.920. The van der Waals surface area contributed by atoms with Crippen LogP contribution in [0.3, 0.4) is 0 Å². The lowest BCUT2D eigenvalue weighted by Crippen LogP contribution is -2.41. The molecule has 2 atom stereocenters. The molecule has 2 unspecified atom stereocenters. The summed E-state index contributed by atoms with van der Waals surface area (Å²) in [5.74, 6) is -0.920. The van der Waals surface area contributed by atoms with Crippen molar-refractivity contribution in [1.29, 1.82) is 0 Å². The first-order valence-electron chi connectivity index (χ1n) is 5.95. The van der Waals surface area contributed by atoms with Crippen LogP contribution >= 0.6 is 0 Å². The molecule has 0 saturated heterocycles. The molecule has 7 heteroatoms. The number of carboxylic acids is 1. The molecule has 18 heavy (non-hydrogen) atoms. The van der Waals surface area contributed by atoms with Gasteiger partial charge in [-0.25, -0.2) is 4.79 Å². The van der Waals surface area contributed by atoms with Crippen molar-refractivity contribution in [2.24, 2.45) is 0 Å². The maximum atomic E-state index is 11.7. The van der Waals surface area contributed by atoms with Crippen LogP contribution in [0.4, 0.5) is 4.79 Å². The molecule has 0 heterocycles. The molecule has 0 bridgehead atoms. The highest BCUT2D eigenvalue weighted by molar-refractivity contribution is 7.84. The minimum absolute atomic E-state index is 0.0411. The van der Waals surface area contributed by atoms with Crippen molar-refractivity contribution in [1.82, 2.24) is 10.2 Å². The summed E-state index contributed by atoms with van der Waals surface area (Å²) >= 11 is 0. The number of amides is 2.